The number of phosphoric acid groups is 1. The molecule has 0 spiro atoms. The van der Waals surface area contributed by atoms with E-state index in [-0.39, 0.29) is 19.4 Å². The molecular formula is C48H80NO10P. The van der Waals surface area contributed by atoms with Crippen LogP contribution >= 0.6 is 7.82 Å². The Hall–Kier alpha value is -3.34. The van der Waals surface area contributed by atoms with Gasteiger partial charge in [-0.3, -0.25) is 23.4 Å². The number of hydrogen-bond acceptors (Lipinski definition) is 9. The van der Waals surface area contributed by atoms with Crippen molar-refractivity contribution in [1.29, 1.82) is 0 Å². The van der Waals surface area contributed by atoms with Gasteiger partial charge in [-0.25, -0.2) is 4.57 Å². The first-order chi connectivity index (χ1) is 29.1. The Kier molecular flexibility index (Phi) is 40.0. The molecule has 0 aliphatic rings. The van der Waals surface area contributed by atoms with Crippen LogP contribution in [0.4, 0.5) is 0 Å². The number of nitrogens with two attached hydrogens (primary N) is 1. The molecule has 4 N–H and O–H groups in total. The fourth-order valence-electron chi connectivity index (χ4n) is 5.53. The van der Waals surface area contributed by atoms with Crippen LogP contribution in [-0.4, -0.2) is 59.9 Å². The summed E-state index contributed by atoms with van der Waals surface area (Å²) in [5, 5.41) is 8.89. The molecule has 0 aliphatic heterocycles. The average Bonchev–Trinajstić information content (AvgIpc) is 3.22. The van der Waals surface area contributed by atoms with Gasteiger partial charge in [-0.15, -0.1) is 0 Å². The van der Waals surface area contributed by atoms with Crippen LogP contribution in [0.2, 0.25) is 0 Å². The van der Waals surface area contributed by atoms with E-state index in [0.717, 1.165) is 57.8 Å². The third-order valence-electron chi connectivity index (χ3n) is 9.12. The van der Waals surface area contributed by atoms with E-state index in [0.29, 0.717) is 19.3 Å². The van der Waals surface area contributed by atoms with Gasteiger partial charge in [0.1, 0.15) is 12.6 Å². The number of esters is 2. The van der Waals surface area contributed by atoms with E-state index in [1.54, 1.807) is 0 Å². The second-order valence-corrected chi connectivity index (χ2v) is 16.3. The molecule has 1 unspecified atom stereocenters. The SMILES string of the molecule is CCCCC/C=C/C/C=C/C/C=C/C/C=C/CCCCCC(=O)OC[C@H](COP(=O)(O)OC[C@H](N)C(=O)O)OC(=O)CCC/C=C/C/C=C/C/C=C/CCCCCCCC. The lowest BCUT2D eigenvalue weighted by atomic mass is 10.1. The van der Waals surface area contributed by atoms with Gasteiger partial charge in [0.2, 0.25) is 0 Å². The van der Waals surface area contributed by atoms with E-state index >= 15 is 0 Å². The van der Waals surface area contributed by atoms with Crippen molar-refractivity contribution in [2.45, 2.75) is 180 Å². The van der Waals surface area contributed by atoms with Crippen LogP contribution in [0.3, 0.4) is 0 Å². The predicted molar refractivity (Wildman–Crippen MR) is 244 cm³/mol. The van der Waals surface area contributed by atoms with Crippen molar-refractivity contribution in [3.8, 4) is 0 Å². The molecule has 12 heteroatoms. The number of carboxylic acids is 1. The topological polar surface area (TPSA) is 172 Å². The van der Waals surface area contributed by atoms with Gasteiger partial charge in [-0.1, -0.05) is 150 Å². The molecule has 0 bridgehead atoms. The van der Waals surface area contributed by atoms with Crippen molar-refractivity contribution in [2.24, 2.45) is 5.73 Å². The number of carbonyl (C=O) groups is 3. The second kappa shape index (κ2) is 42.4. The van der Waals surface area contributed by atoms with Gasteiger partial charge in [0.05, 0.1) is 13.2 Å². The molecule has 342 valence electrons. The lowest BCUT2D eigenvalue weighted by Crippen LogP contribution is -2.34. The minimum Gasteiger partial charge on any atom is -0.480 e. The van der Waals surface area contributed by atoms with Gasteiger partial charge in [0, 0.05) is 12.8 Å². The van der Waals surface area contributed by atoms with E-state index in [4.69, 9.17) is 24.8 Å². The highest BCUT2D eigenvalue weighted by molar-refractivity contribution is 7.47. The smallest absolute Gasteiger partial charge is 0.472 e. The summed E-state index contributed by atoms with van der Waals surface area (Å²) in [6.45, 7) is 2.67. The highest BCUT2D eigenvalue weighted by Gasteiger charge is 2.28. The summed E-state index contributed by atoms with van der Waals surface area (Å²) >= 11 is 0. The number of aliphatic carboxylic acids is 1. The Bertz CT molecular complexity index is 1340. The lowest BCUT2D eigenvalue weighted by Gasteiger charge is -2.20. The molecule has 0 aromatic carbocycles. The summed E-state index contributed by atoms with van der Waals surface area (Å²) in [6.07, 6.45) is 52.2. The van der Waals surface area contributed by atoms with Crippen LogP contribution in [0.5, 0.6) is 0 Å². The van der Waals surface area contributed by atoms with Crippen molar-refractivity contribution in [3.63, 3.8) is 0 Å². The number of allylic oxidation sites excluding steroid dienone is 14. The normalized spacial score (nSPS) is 14.5. The summed E-state index contributed by atoms with van der Waals surface area (Å²) in [6, 6.07) is -1.54. The molecule has 0 radical (unpaired) electrons. The van der Waals surface area contributed by atoms with E-state index in [9.17, 15) is 23.8 Å². The number of hydrogen-bond donors (Lipinski definition) is 3. The fraction of sp³-hybridized carbons (Fsp3) is 0.646. The van der Waals surface area contributed by atoms with Crippen LogP contribution in [0.1, 0.15) is 168 Å². The van der Waals surface area contributed by atoms with Crippen molar-refractivity contribution in [1.82, 2.24) is 0 Å². The van der Waals surface area contributed by atoms with Gasteiger partial charge < -0.3 is 25.2 Å². The van der Waals surface area contributed by atoms with Gasteiger partial charge in [-0.2, -0.15) is 0 Å². The Labute approximate surface area is 362 Å². The highest BCUT2D eigenvalue weighted by Crippen LogP contribution is 2.43. The van der Waals surface area contributed by atoms with E-state index in [2.05, 4.69) is 91.3 Å². The Balaban J connectivity index is 4.50. The Morgan fingerprint density at radius 2 is 0.900 bits per heavy atom. The zero-order chi connectivity index (χ0) is 44.2. The van der Waals surface area contributed by atoms with Gasteiger partial charge >= 0.3 is 25.7 Å². The molecular weight excluding hydrogens is 781 g/mol. The lowest BCUT2D eigenvalue weighted by molar-refractivity contribution is -0.161. The van der Waals surface area contributed by atoms with Gasteiger partial charge in [0.15, 0.2) is 6.10 Å². The third-order valence-corrected chi connectivity index (χ3v) is 10.1. The zero-order valence-electron chi connectivity index (χ0n) is 37.0. The molecule has 0 rings (SSSR count). The molecule has 0 heterocycles. The fourth-order valence-corrected chi connectivity index (χ4v) is 6.31. The zero-order valence-corrected chi connectivity index (χ0v) is 37.9. The van der Waals surface area contributed by atoms with Crippen LogP contribution < -0.4 is 5.73 Å². The van der Waals surface area contributed by atoms with E-state index in [1.165, 1.54) is 64.2 Å². The molecule has 0 fully saturated rings. The summed E-state index contributed by atoms with van der Waals surface area (Å²) in [7, 11) is -4.74. The molecule has 0 amide bonds. The number of rotatable bonds is 41. The van der Waals surface area contributed by atoms with Crippen LogP contribution in [-0.2, 0) is 37.5 Å². The summed E-state index contributed by atoms with van der Waals surface area (Å²) in [4.78, 5) is 46.0. The number of phosphoric ester groups is 1. The quantitative estimate of drug-likeness (QED) is 0.0231. The maximum Gasteiger partial charge on any atom is 0.472 e. The maximum absolute atomic E-state index is 12.6. The molecule has 0 aromatic heterocycles. The van der Waals surface area contributed by atoms with E-state index < -0.39 is 51.1 Å². The number of carboxylic acid groups (broad SMARTS) is 1. The van der Waals surface area contributed by atoms with Crippen molar-refractivity contribution in [3.05, 3.63) is 85.1 Å². The molecule has 60 heavy (non-hydrogen) atoms. The first-order valence-electron chi connectivity index (χ1n) is 22.6. The van der Waals surface area contributed by atoms with Crippen LogP contribution in [0, 0.1) is 0 Å². The molecule has 0 saturated heterocycles. The monoisotopic (exact) mass is 862 g/mol. The molecule has 11 nitrogen and oxygen atoms in total. The van der Waals surface area contributed by atoms with Crippen LogP contribution in [0.15, 0.2) is 85.1 Å². The highest BCUT2D eigenvalue weighted by atomic mass is 31.2. The Morgan fingerprint density at radius 1 is 0.517 bits per heavy atom. The predicted octanol–water partition coefficient (Wildman–Crippen LogP) is 12.3. The molecule has 3 atom stereocenters. The molecule has 0 aromatic rings. The van der Waals surface area contributed by atoms with E-state index in [1.807, 2.05) is 12.2 Å². The minimum absolute atomic E-state index is 0.0776. The first-order valence-corrected chi connectivity index (χ1v) is 24.1. The molecule has 0 aliphatic carbocycles. The third kappa shape index (κ3) is 41.4. The summed E-state index contributed by atoms with van der Waals surface area (Å²) < 4.78 is 32.6. The second-order valence-electron chi connectivity index (χ2n) is 14.8. The largest absolute Gasteiger partial charge is 0.480 e. The average molecular weight is 862 g/mol. The number of ether oxygens (including phenoxy) is 2. The van der Waals surface area contributed by atoms with Crippen molar-refractivity contribution < 1.29 is 47.5 Å². The summed E-state index contributed by atoms with van der Waals surface area (Å²) in [5.41, 5.74) is 5.33. The standard InChI is InChI=1S/C48H80NO10P/c1-3-5-7-9-11-13-15-17-19-21-22-24-25-27-29-31-33-35-37-39-46(50)56-41-44(42-57-60(54,55)58-43-45(49)48(52)53)59-47(51)40-38-36-34-32-30-28-26-23-20-18-16-14-12-10-8-6-4-2/h11,13,17-20,22,24,26-29,32,34,44-45H,3-10,12,14-16,21,23,25,30-31,33,35-43,49H2,1-2H3,(H,52,53)(H,54,55)/b13-11+,19-17+,20-18+,24-22+,28-26+,29-27+,34-32+/t44-,45+/m1/s1. The summed E-state index contributed by atoms with van der Waals surface area (Å²) in [5.74, 6) is -2.50. The van der Waals surface area contributed by atoms with Crippen molar-refractivity contribution >= 4 is 25.7 Å². The number of unbranched alkanes of at least 4 members (excludes halogenated alkanes) is 13. The Morgan fingerprint density at radius 3 is 1.40 bits per heavy atom. The number of carbonyl (C=O) groups excluding carboxylic acids is 2. The van der Waals surface area contributed by atoms with Crippen LogP contribution in [0.25, 0.3) is 0 Å². The molecule has 0 saturated carbocycles. The minimum atomic E-state index is -4.74. The first kappa shape index (κ1) is 56.7. The van der Waals surface area contributed by atoms with Gasteiger partial charge in [0.25, 0.3) is 0 Å². The van der Waals surface area contributed by atoms with Crippen molar-refractivity contribution in [2.75, 3.05) is 19.8 Å². The maximum atomic E-state index is 12.6. The van der Waals surface area contributed by atoms with Gasteiger partial charge in [-0.05, 0) is 89.9 Å².